The summed E-state index contributed by atoms with van der Waals surface area (Å²) in [6.45, 7) is 15.9. The van der Waals surface area contributed by atoms with Crippen LogP contribution in [0.25, 0.3) is 0 Å². The van der Waals surface area contributed by atoms with Gasteiger partial charge in [-0.3, -0.25) is 0 Å². The standard InChI is InChI=1S/C16H31B/c1-11(2)16(5,6)17-10-13(4)14-8-7-12(3)15(17)9-14/h11-15H,7-10H2,1-6H3/t12-,13?,14-,15-/m1/s1. The number of hydrogen-bond acceptors (Lipinski definition) is 0. The first-order chi connectivity index (χ1) is 7.84. The first kappa shape index (κ1) is 13.5. The molecule has 1 saturated carbocycles. The molecule has 1 saturated heterocycles. The molecule has 1 heteroatoms. The van der Waals surface area contributed by atoms with Gasteiger partial charge in [-0.25, -0.2) is 0 Å². The maximum Gasteiger partial charge on any atom is 0.149 e. The Morgan fingerprint density at radius 3 is 2.29 bits per heavy atom. The topological polar surface area (TPSA) is 0 Å². The Bertz CT molecular complexity index is 269. The average Bonchev–Trinajstić information content (AvgIpc) is 2.26. The summed E-state index contributed by atoms with van der Waals surface area (Å²) < 4.78 is 0. The zero-order valence-electron chi connectivity index (χ0n) is 12.8. The summed E-state index contributed by atoms with van der Waals surface area (Å²) in [6.07, 6.45) is 6.02. The maximum atomic E-state index is 2.52. The predicted molar refractivity (Wildman–Crippen MR) is 78.9 cm³/mol. The third-order valence-corrected chi connectivity index (χ3v) is 6.69. The van der Waals surface area contributed by atoms with Gasteiger partial charge in [-0.15, -0.1) is 0 Å². The molecular formula is C16H31B. The largest absolute Gasteiger partial charge is 0.149 e. The molecule has 98 valence electrons. The van der Waals surface area contributed by atoms with Crippen LogP contribution in [-0.2, 0) is 0 Å². The van der Waals surface area contributed by atoms with Crippen molar-refractivity contribution in [1.29, 1.82) is 0 Å². The highest BCUT2D eigenvalue weighted by molar-refractivity contribution is 6.64. The van der Waals surface area contributed by atoms with Gasteiger partial charge in [0, 0.05) is 0 Å². The van der Waals surface area contributed by atoms with Crippen LogP contribution in [0.5, 0.6) is 0 Å². The Morgan fingerprint density at radius 1 is 1.06 bits per heavy atom. The Balaban J connectivity index is 2.21. The lowest BCUT2D eigenvalue weighted by atomic mass is 9.19. The predicted octanol–water partition coefficient (Wildman–Crippen LogP) is 5.37. The summed E-state index contributed by atoms with van der Waals surface area (Å²) in [6, 6.07) is 0. The number of fused-ring (bicyclic) bond motifs is 2. The number of hydrogen-bond donors (Lipinski definition) is 0. The summed E-state index contributed by atoms with van der Waals surface area (Å²) in [5.41, 5.74) is 0. The molecule has 0 aromatic carbocycles. The lowest BCUT2D eigenvalue weighted by Gasteiger charge is -2.52. The van der Waals surface area contributed by atoms with E-state index in [0.717, 1.165) is 36.2 Å². The highest BCUT2D eigenvalue weighted by Crippen LogP contribution is 2.56. The molecule has 0 aromatic rings. The zero-order valence-corrected chi connectivity index (χ0v) is 12.8. The van der Waals surface area contributed by atoms with E-state index in [2.05, 4.69) is 41.5 Å². The quantitative estimate of drug-likeness (QED) is 0.563. The van der Waals surface area contributed by atoms with Gasteiger partial charge in [0.2, 0.25) is 0 Å². The van der Waals surface area contributed by atoms with Crippen LogP contribution >= 0.6 is 0 Å². The SMILES string of the molecule is CC1CB(C(C)(C)C(C)C)[C@@H]2C[C@H]1CC[C@H]2C. The van der Waals surface area contributed by atoms with Crippen LogP contribution in [0.2, 0.25) is 17.5 Å². The Morgan fingerprint density at radius 2 is 1.71 bits per heavy atom. The molecule has 2 rings (SSSR count). The van der Waals surface area contributed by atoms with E-state index in [0.29, 0.717) is 5.31 Å². The minimum atomic E-state index is 0.523. The van der Waals surface area contributed by atoms with Gasteiger partial charge in [0.25, 0.3) is 0 Å². The Hall–Kier alpha value is 0.0649. The van der Waals surface area contributed by atoms with Gasteiger partial charge in [-0.05, 0) is 30.1 Å². The molecule has 0 radical (unpaired) electrons. The van der Waals surface area contributed by atoms with Gasteiger partial charge < -0.3 is 0 Å². The molecule has 0 amide bonds. The first-order valence-corrected chi connectivity index (χ1v) is 7.84. The van der Waals surface area contributed by atoms with E-state index in [1.807, 2.05) is 0 Å². The third-order valence-electron chi connectivity index (χ3n) is 6.69. The summed E-state index contributed by atoms with van der Waals surface area (Å²) in [5.74, 6) is 4.83. The van der Waals surface area contributed by atoms with E-state index in [-0.39, 0.29) is 0 Å². The summed E-state index contributed by atoms with van der Waals surface area (Å²) in [4.78, 5) is 0. The fourth-order valence-electron chi connectivity index (χ4n) is 4.52. The minimum Gasteiger partial charge on any atom is -0.0706 e. The van der Waals surface area contributed by atoms with Crippen LogP contribution in [0.4, 0.5) is 0 Å². The lowest BCUT2D eigenvalue weighted by Crippen LogP contribution is -2.47. The van der Waals surface area contributed by atoms with Crippen molar-refractivity contribution in [2.45, 2.75) is 78.3 Å². The molecule has 0 aromatic heterocycles. The fourth-order valence-corrected chi connectivity index (χ4v) is 4.52. The minimum absolute atomic E-state index is 0.523. The highest BCUT2D eigenvalue weighted by Gasteiger charge is 2.49. The monoisotopic (exact) mass is 234 g/mol. The third kappa shape index (κ3) is 2.31. The Kier molecular flexibility index (Phi) is 3.67. The lowest BCUT2D eigenvalue weighted by molar-refractivity contribution is 0.204. The molecule has 1 aliphatic heterocycles. The number of rotatable bonds is 2. The van der Waals surface area contributed by atoms with Crippen LogP contribution in [0.1, 0.15) is 60.8 Å². The fraction of sp³-hybridized carbons (Fsp3) is 1.00. The van der Waals surface area contributed by atoms with Crippen molar-refractivity contribution in [1.82, 2.24) is 0 Å². The maximum absolute atomic E-state index is 2.52. The molecule has 1 heterocycles. The normalized spacial score (nSPS) is 38.6. The van der Waals surface area contributed by atoms with E-state index >= 15 is 0 Å². The summed E-state index contributed by atoms with van der Waals surface area (Å²) in [5, 5.41) is 0.523. The van der Waals surface area contributed by atoms with Crippen LogP contribution in [0, 0.1) is 23.7 Å². The van der Waals surface area contributed by atoms with Gasteiger partial charge in [0.15, 0.2) is 0 Å². The summed E-state index contributed by atoms with van der Waals surface area (Å²) >= 11 is 0. The van der Waals surface area contributed by atoms with E-state index < -0.39 is 0 Å². The molecule has 2 fully saturated rings. The second-order valence-electron chi connectivity index (χ2n) is 8.01. The molecule has 0 N–H and O–H groups in total. The zero-order chi connectivity index (χ0) is 12.8. The second kappa shape index (κ2) is 4.63. The molecule has 0 nitrogen and oxygen atoms in total. The molecule has 4 atom stereocenters. The molecule has 2 bridgehead atoms. The van der Waals surface area contributed by atoms with Crippen LogP contribution in [-0.4, -0.2) is 6.71 Å². The van der Waals surface area contributed by atoms with Crippen molar-refractivity contribution in [3.63, 3.8) is 0 Å². The van der Waals surface area contributed by atoms with Crippen LogP contribution in [0.15, 0.2) is 0 Å². The summed E-state index contributed by atoms with van der Waals surface area (Å²) in [7, 11) is 0. The van der Waals surface area contributed by atoms with E-state index in [9.17, 15) is 0 Å². The van der Waals surface area contributed by atoms with Crippen molar-refractivity contribution in [3.05, 3.63) is 0 Å². The van der Waals surface area contributed by atoms with Gasteiger partial charge in [0.05, 0.1) is 0 Å². The van der Waals surface area contributed by atoms with E-state index in [4.69, 9.17) is 0 Å². The van der Waals surface area contributed by atoms with Gasteiger partial charge in [-0.2, -0.15) is 0 Å². The van der Waals surface area contributed by atoms with Gasteiger partial charge in [0.1, 0.15) is 6.71 Å². The first-order valence-electron chi connectivity index (χ1n) is 7.84. The van der Waals surface area contributed by atoms with Crippen LogP contribution in [0.3, 0.4) is 0 Å². The molecule has 0 spiro atoms. The molecule has 1 unspecified atom stereocenters. The van der Waals surface area contributed by atoms with E-state index in [1.165, 1.54) is 25.6 Å². The smallest absolute Gasteiger partial charge is 0.0706 e. The highest BCUT2D eigenvalue weighted by atomic mass is 14.4. The van der Waals surface area contributed by atoms with Gasteiger partial charge in [-0.1, -0.05) is 71.8 Å². The van der Waals surface area contributed by atoms with Crippen molar-refractivity contribution < 1.29 is 0 Å². The van der Waals surface area contributed by atoms with Crippen molar-refractivity contribution in [3.8, 4) is 0 Å². The van der Waals surface area contributed by atoms with E-state index in [1.54, 1.807) is 0 Å². The molecule has 17 heavy (non-hydrogen) atoms. The van der Waals surface area contributed by atoms with Crippen molar-refractivity contribution in [2.75, 3.05) is 0 Å². The molecule has 1 aliphatic carbocycles. The van der Waals surface area contributed by atoms with Gasteiger partial charge >= 0.3 is 0 Å². The second-order valence-corrected chi connectivity index (χ2v) is 8.01. The Labute approximate surface area is 109 Å². The van der Waals surface area contributed by atoms with Crippen molar-refractivity contribution in [2.24, 2.45) is 23.7 Å². The molecule has 2 aliphatic rings. The molecular weight excluding hydrogens is 203 g/mol. The average molecular weight is 234 g/mol. The van der Waals surface area contributed by atoms with Crippen molar-refractivity contribution >= 4 is 6.71 Å². The van der Waals surface area contributed by atoms with Crippen LogP contribution < -0.4 is 0 Å².